The minimum atomic E-state index is -0.251. The zero-order valence-electron chi connectivity index (χ0n) is 10.2. The first-order valence-electron chi connectivity index (χ1n) is 5.91. The lowest BCUT2D eigenvalue weighted by molar-refractivity contribution is 0.0946. The molecule has 0 saturated heterocycles. The summed E-state index contributed by atoms with van der Waals surface area (Å²) in [4.78, 5) is 11.8. The first kappa shape index (κ1) is 13.6. The van der Waals surface area contributed by atoms with Gasteiger partial charge in [-0.15, -0.1) is 0 Å². The number of halogens is 1. The van der Waals surface area contributed by atoms with Gasteiger partial charge < -0.3 is 10.4 Å². The Morgan fingerprint density at radius 2 is 2.21 bits per heavy atom. The van der Waals surface area contributed by atoms with E-state index in [1.54, 1.807) is 12.1 Å². The highest BCUT2D eigenvalue weighted by Gasteiger charge is 2.11. The molecule has 2 rings (SSSR count). The van der Waals surface area contributed by atoms with Crippen LogP contribution in [-0.2, 0) is 0 Å². The van der Waals surface area contributed by atoms with Gasteiger partial charge in [0.25, 0.3) is 5.91 Å². The predicted octanol–water partition coefficient (Wildman–Crippen LogP) is 1.84. The topological polar surface area (TPSA) is 78.0 Å². The smallest absolute Gasteiger partial charge is 0.269 e. The van der Waals surface area contributed by atoms with Crippen molar-refractivity contribution in [1.29, 1.82) is 0 Å². The standard InChI is InChI=1S/C13H14ClN3O2/c14-10-5-2-1-4-9(10)11-8-12(17-16-11)13(19)15-6-3-7-18/h1-2,4-5,8,18H,3,6-7H2,(H,15,19)(H,16,17). The molecule has 3 N–H and O–H groups in total. The lowest BCUT2D eigenvalue weighted by Crippen LogP contribution is -2.25. The first-order chi connectivity index (χ1) is 9.22. The van der Waals surface area contributed by atoms with Gasteiger partial charge in [-0.25, -0.2) is 0 Å². The van der Waals surface area contributed by atoms with Crippen LogP contribution in [0.25, 0.3) is 11.3 Å². The monoisotopic (exact) mass is 279 g/mol. The second kappa shape index (κ2) is 6.36. The van der Waals surface area contributed by atoms with Crippen LogP contribution in [0.5, 0.6) is 0 Å². The van der Waals surface area contributed by atoms with Crippen LogP contribution >= 0.6 is 11.6 Å². The Balaban J connectivity index is 2.11. The van der Waals surface area contributed by atoms with Crippen LogP contribution < -0.4 is 5.32 Å². The molecule has 1 aromatic carbocycles. The number of carbonyl (C=O) groups is 1. The predicted molar refractivity (Wildman–Crippen MR) is 73.1 cm³/mol. The normalized spacial score (nSPS) is 10.4. The lowest BCUT2D eigenvalue weighted by Gasteiger charge is -2.00. The summed E-state index contributed by atoms with van der Waals surface area (Å²) in [7, 11) is 0. The number of benzene rings is 1. The molecule has 5 nitrogen and oxygen atoms in total. The average Bonchev–Trinajstić information content (AvgIpc) is 2.89. The fourth-order valence-electron chi connectivity index (χ4n) is 1.62. The van der Waals surface area contributed by atoms with Gasteiger partial charge in [-0.2, -0.15) is 5.10 Å². The van der Waals surface area contributed by atoms with Gasteiger partial charge in [-0.3, -0.25) is 9.89 Å². The highest BCUT2D eigenvalue weighted by molar-refractivity contribution is 6.33. The third-order valence-electron chi connectivity index (χ3n) is 2.59. The van der Waals surface area contributed by atoms with Crippen LogP contribution in [0.15, 0.2) is 30.3 Å². The second-order valence-electron chi connectivity index (χ2n) is 3.98. The number of carbonyl (C=O) groups excluding carboxylic acids is 1. The number of rotatable bonds is 5. The van der Waals surface area contributed by atoms with E-state index in [4.69, 9.17) is 16.7 Å². The first-order valence-corrected chi connectivity index (χ1v) is 6.29. The molecule has 19 heavy (non-hydrogen) atoms. The molecule has 0 aliphatic rings. The molecule has 2 aromatic rings. The zero-order valence-corrected chi connectivity index (χ0v) is 10.9. The van der Waals surface area contributed by atoms with Crippen molar-refractivity contribution in [2.75, 3.05) is 13.2 Å². The number of nitrogens with zero attached hydrogens (tertiary/aromatic N) is 1. The number of aromatic amines is 1. The number of aliphatic hydroxyl groups excluding tert-OH is 1. The Labute approximate surface area is 115 Å². The number of aromatic nitrogens is 2. The molecule has 0 atom stereocenters. The van der Waals surface area contributed by atoms with Crippen molar-refractivity contribution in [2.24, 2.45) is 0 Å². The minimum absolute atomic E-state index is 0.0497. The van der Waals surface area contributed by atoms with Crippen LogP contribution in [0.4, 0.5) is 0 Å². The molecule has 1 heterocycles. The average molecular weight is 280 g/mol. The summed E-state index contributed by atoms with van der Waals surface area (Å²) in [5.74, 6) is -0.251. The number of amides is 1. The van der Waals surface area contributed by atoms with Gasteiger partial charge in [0.2, 0.25) is 0 Å². The van der Waals surface area contributed by atoms with Gasteiger partial charge in [-0.1, -0.05) is 29.8 Å². The maximum atomic E-state index is 11.8. The van der Waals surface area contributed by atoms with Crippen LogP contribution in [0, 0.1) is 0 Å². The molecule has 0 bridgehead atoms. The second-order valence-corrected chi connectivity index (χ2v) is 4.39. The Kier molecular flexibility index (Phi) is 4.54. The molecule has 1 amide bonds. The summed E-state index contributed by atoms with van der Waals surface area (Å²) in [5, 5.41) is 18.7. The largest absolute Gasteiger partial charge is 0.396 e. The van der Waals surface area contributed by atoms with Crippen molar-refractivity contribution in [2.45, 2.75) is 6.42 Å². The molecule has 0 spiro atoms. The Hall–Kier alpha value is -1.85. The van der Waals surface area contributed by atoms with Gasteiger partial charge in [-0.05, 0) is 18.6 Å². The molecule has 1 aromatic heterocycles. The van der Waals surface area contributed by atoms with E-state index in [1.165, 1.54) is 0 Å². The maximum Gasteiger partial charge on any atom is 0.269 e. The van der Waals surface area contributed by atoms with E-state index in [1.807, 2.05) is 18.2 Å². The van der Waals surface area contributed by atoms with E-state index in [0.717, 1.165) is 5.56 Å². The summed E-state index contributed by atoms with van der Waals surface area (Å²) in [6, 6.07) is 8.95. The number of aliphatic hydroxyl groups is 1. The number of H-pyrrole nitrogens is 1. The Bertz CT molecular complexity index is 569. The molecule has 0 radical (unpaired) electrons. The third-order valence-corrected chi connectivity index (χ3v) is 2.92. The van der Waals surface area contributed by atoms with E-state index in [2.05, 4.69) is 15.5 Å². The zero-order chi connectivity index (χ0) is 13.7. The SMILES string of the molecule is O=C(NCCCO)c1cc(-c2ccccc2Cl)n[nH]1. The van der Waals surface area contributed by atoms with Crippen LogP contribution in [0.1, 0.15) is 16.9 Å². The van der Waals surface area contributed by atoms with E-state index < -0.39 is 0 Å². The highest BCUT2D eigenvalue weighted by atomic mass is 35.5. The van der Waals surface area contributed by atoms with E-state index >= 15 is 0 Å². The Morgan fingerprint density at radius 3 is 2.95 bits per heavy atom. The number of hydrogen-bond donors (Lipinski definition) is 3. The third kappa shape index (κ3) is 3.33. The number of hydrogen-bond acceptors (Lipinski definition) is 3. The molecule has 0 aliphatic heterocycles. The molecule has 0 fully saturated rings. The van der Waals surface area contributed by atoms with Crippen LogP contribution in [0.3, 0.4) is 0 Å². The molecule has 0 unspecified atom stereocenters. The van der Waals surface area contributed by atoms with Crippen molar-refractivity contribution in [3.8, 4) is 11.3 Å². The van der Waals surface area contributed by atoms with Crippen molar-refractivity contribution in [3.05, 3.63) is 41.0 Å². The van der Waals surface area contributed by atoms with E-state index in [-0.39, 0.29) is 12.5 Å². The summed E-state index contributed by atoms with van der Waals surface area (Å²) in [5.41, 5.74) is 1.76. The molecule has 100 valence electrons. The minimum Gasteiger partial charge on any atom is -0.396 e. The molecule has 6 heteroatoms. The maximum absolute atomic E-state index is 11.8. The van der Waals surface area contributed by atoms with Gasteiger partial charge in [0.1, 0.15) is 5.69 Å². The number of nitrogens with one attached hydrogen (secondary N) is 2. The fraction of sp³-hybridized carbons (Fsp3) is 0.231. The molecule has 0 aliphatic carbocycles. The van der Waals surface area contributed by atoms with Crippen molar-refractivity contribution >= 4 is 17.5 Å². The van der Waals surface area contributed by atoms with Crippen LogP contribution in [-0.4, -0.2) is 34.4 Å². The molecular weight excluding hydrogens is 266 g/mol. The summed E-state index contributed by atoms with van der Waals surface area (Å²) in [6.45, 7) is 0.476. The van der Waals surface area contributed by atoms with Crippen molar-refractivity contribution in [3.63, 3.8) is 0 Å². The summed E-state index contributed by atoms with van der Waals surface area (Å²) in [6.07, 6.45) is 0.525. The highest BCUT2D eigenvalue weighted by Crippen LogP contribution is 2.26. The summed E-state index contributed by atoms with van der Waals surface area (Å²) >= 11 is 6.07. The molecular formula is C13H14ClN3O2. The quantitative estimate of drug-likeness (QED) is 0.731. The van der Waals surface area contributed by atoms with Gasteiger partial charge in [0, 0.05) is 18.7 Å². The fourth-order valence-corrected chi connectivity index (χ4v) is 1.85. The lowest BCUT2D eigenvalue weighted by atomic mass is 10.1. The van der Waals surface area contributed by atoms with Gasteiger partial charge >= 0.3 is 0 Å². The Morgan fingerprint density at radius 1 is 1.42 bits per heavy atom. The van der Waals surface area contributed by atoms with Crippen LogP contribution in [0.2, 0.25) is 5.02 Å². The molecule has 0 saturated carbocycles. The summed E-state index contributed by atoms with van der Waals surface area (Å²) < 4.78 is 0. The van der Waals surface area contributed by atoms with E-state index in [0.29, 0.717) is 29.4 Å². The van der Waals surface area contributed by atoms with Crippen molar-refractivity contribution < 1.29 is 9.90 Å². The van der Waals surface area contributed by atoms with Crippen molar-refractivity contribution in [1.82, 2.24) is 15.5 Å². The van der Waals surface area contributed by atoms with Gasteiger partial charge in [0.05, 0.1) is 10.7 Å². The van der Waals surface area contributed by atoms with E-state index in [9.17, 15) is 4.79 Å². The van der Waals surface area contributed by atoms with Gasteiger partial charge in [0.15, 0.2) is 0 Å².